The van der Waals surface area contributed by atoms with E-state index in [0.717, 1.165) is 55.3 Å². The number of piperidine rings is 1. The van der Waals surface area contributed by atoms with Crippen LogP contribution in [0.3, 0.4) is 0 Å². The third kappa shape index (κ3) is 4.99. The Morgan fingerprint density at radius 3 is 2.36 bits per heavy atom. The van der Waals surface area contributed by atoms with Crippen molar-refractivity contribution in [2.45, 2.75) is 38.3 Å². The molecule has 2 aliphatic rings. The summed E-state index contributed by atoms with van der Waals surface area (Å²) in [7, 11) is 1.63. The summed E-state index contributed by atoms with van der Waals surface area (Å²) >= 11 is 0. The van der Waals surface area contributed by atoms with Gasteiger partial charge in [0.25, 0.3) is 5.91 Å². The average Bonchev–Trinajstić information content (AvgIpc) is 3.07. The molecule has 1 fully saturated rings. The number of fused-ring (bicyclic) bond motifs is 1. The molecular formula is C30H34N2O4. The number of likely N-dealkylation sites (tertiary alicyclic amines) is 1. The normalized spacial score (nSPS) is 16.6. The fourth-order valence-electron chi connectivity index (χ4n) is 5.23. The van der Waals surface area contributed by atoms with Gasteiger partial charge in [0.15, 0.2) is 0 Å². The molecule has 36 heavy (non-hydrogen) atoms. The maximum Gasteiger partial charge on any atom is 0.253 e. The van der Waals surface area contributed by atoms with Crippen LogP contribution in [-0.4, -0.2) is 49.8 Å². The number of benzene rings is 3. The number of amides is 1. The van der Waals surface area contributed by atoms with Gasteiger partial charge in [-0.15, -0.1) is 0 Å². The van der Waals surface area contributed by atoms with E-state index in [1.54, 1.807) is 7.11 Å². The van der Waals surface area contributed by atoms with Gasteiger partial charge in [-0.1, -0.05) is 30.3 Å². The van der Waals surface area contributed by atoms with Gasteiger partial charge in [0.2, 0.25) is 0 Å². The number of nitrogens with zero attached hydrogens (tertiary/aromatic N) is 2. The first kappa shape index (κ1) is 24.0. The van der Waals surface area contributed by atoms with Crippen molar-refractivity contribution in [1.82, 2.24) is 4.90 Å². The molecule has 1 saturated heterocycles. The molecule has 0 unspecified atom stereocenters. The van der Waals surface area contributed by atoms with Crippen molar-refractivity contribution in [2.75, 3.05) is 38.3 Å². The lowest BCUT2D eigenvalue weighted by Gasteiger charge is -2.41. The number of methoxy groups -OCH3 is 1. The number of ether oxygens (including phenoxy) is 3. The molecule has 0 bridgehead atoms. The van der Waals surface area contributed by atoms with Crippen molar-refractivity contribution in [1.29, 1.82) is 0 Å². The molecule has 2 aliphatic heterocycles. The average molecular weight is 487 g/mol. The zero-order valence-corrected chi connectivity index (χ0v) is 21.1. The van der Waals surface area contributed by atoms with Crippen molar-refractivity contribution in [3.63, 3.8) is 0 Å². The van der Waals surface area contributed by atoms with E-state index in [9.17, 15) is 4.79 Å². The first-order valence-electron chi connectivity index (χ1n) is 12.8. The lowest BCUT2D eigenvalue weighted by molar-refractivity contribution is 0.00239. The third-order valence-corrected chi connectivity index (χ3v) is 7.30. The van der Waals surface area contributed by atoms with Crippen LogP contribution in [0.2, 0.25) is 0 Å². The molecule has 0 aliphatic carbocycles. The molecule has 1 spiro atoms. The van der Waals surface area contributed by atoms with E-state index in [1.807, 2.05) is 54.3 Å². The summed E-state index contributed by atoms with van der Waals surface area (Å²) in [6, 6.07) is 23.9. The molecule has 188 valence electrons. The molecule has 3 aromatic rings. The molecule has 5 rings (SSSR count). The molecule has 1 amide bonds. The molecule has 0 N–H and O–H groups in total. The van der Waals surface area contributed by atoms with Gasteiger partial charge in [0.1, 0.15) is 22.8 Å². The van der Waals surface area contributed by atoms with Gasteiger partial charge in [0.05, 0.1) is 19.4 Å². The topological polar surface area (TPSA) is 51.2 Å². The Bertz CT molecular complexity index is 1190. The van der Waals surface area contributed by atoms with E-state index in [1.165, 1.54) is 5.56 Å². The molecule has 0 atom stereocenters. The zero-order valence-electron chi connectivity index (χ0n) is 21.1. The van der Waals surface area contributed by atoms with Gasteiger partial charge >= 0.3 is 0 Å². The maximum atomic E-state index is 13.1. The van der Waals surface area contributed by atoms with Crippen LogP contribution in [-0.2, 0) is 6.54 Å². The fourth-order valence-corrected chi connectivity index (χ4v) is 5.23. The van der Waals surface area contributed by atoms with Gasteiger partial charge in [-0.25, -0.2) is 0 Å². The second-order valence-corrected chi connectivity index (χ2v) is 9.49. The van der Waals surface area contributed by atoms with Crippen LogP contribution in [0, 0.1) is 0 Å². The maximum absolute atomic E-state index is 13.1. The number of hydrogen-bond donors (Lipinski definition) is 0. The van der Waals surface area contributed by atoms with Crippen molar-refractivity contribution < 1.29 is 19.0 Å². The van der Waals surface area contributed by atoms with E-state index >= 15 is 0 Å². The largest absolute Gasteiger partial charge is 0.497 e. The monoisotopic (exact) mass is 486 g/mol. The number of carbonyl (C=O) groups is 1. The van der Waals surface area contributed by atoms with Crippen LogP contribution < -0.4 is 19.1 Å². The predicted molar refractivity (Wildman–Crippen MR) is 141 cm³/mol. The van der Waals surface area contributed by atoms with E-state index in [-0.39, 0.29) is 11.5 Å². The highest BCUT2D eigenvalue weighted by molar-refractivity contribution is 5.94. The van der Waals surface area contributed by atoms with Crippen molar-refractivity contribution in [2.24, 2.45) is 0 Å². The minimum Gasteiger partial charge on any atom is -0.497 e. The smallest absolute Gasteiger partial charge is 0.253 e. The quantitative estimate of drug-likeness (QED) is 0.457. The zero-order chi connectivity index (χ0) is 25.0. The van der Waals surface area contributed by atoms with Gasteiger partial charge < -0.3 is 24.0 Å². The van der Waals surface area contributed by atoms with Crippen LogP contribution in [0.25, 0.3) is 0 Å². The molecule has 0 saturated carbocycles. The van der Waals surface area contributed by atoms with Gasteiger partial charge in [-0.3, -0.25) is 4.79 Å². The first-order valence-corrected chi connectivity index (χ1v) is 12.8. The van der Waals surface area contributed by atoms with Crippen molar-refractivity contribution in [3.05, 3.63) is 83.9 Å². The standard InChI is InChI=1S/C30H34N2O4/c1-3-35-27-10-6-4-8-24(27)22-32-21-18-30(36-28-11-7-5-9-26(28)32)16-19-31(20-17-30)29(33)23-12-14-25(34-2)15-13-23/h4-15H,3,16-22H2,1-2H3. The van der Waals surface area contributed by atoms with Crippen LogP contribution >= 0.6 is 0 Å². The van der Waals surface area contributed by atoms with Crippen LogP contribution in [0.15, 0.2) is 72.8 Å². The summed E-state index contributed by atoms with van der Waals surface area (Å²) in [5.41, 5.74) is 2.70. The number of anilines is 1. The van der Waals surface area contributed by atoms with Crippen molar-refractivity contribution >= 4 is 11.6 Å². The van der Waals surface area contributed by atoms with Crippen LogP contribution in [0.1, 0.15) is 42.1 Å². The Morgan fingerprint density at radius 1 is 0.917 bits per heavy atom. The second-order valence-electron chi connectivity index (χ2n) is 9.49. The summed E-state index contributed by atoms with van der Waals surface area (Å²) in [6.45, 7) is 5.66. The molecule has 0 radical (unpaired) electrons. The minimum absolute atomic E-state index is 0.0654. The molecule has 0 aromatic heterocycles. The Hall–Kier alpha value is -3.67. The van der Waals surface area contributed by atoms with Gasteiger partial charge in [0, 0.05) is 56.6 Å². The summed E-state index contributed by atoms with van der Waals surface area (Å²) < 4.78 is 17.9. The number of hydrogen-bond acceptors (Lipinski definition) is 5. The van der Waals surface area contributed by atoms with Crippen LogP contribution in [0.4, 0.5) is 5.69 Å². The van der Waals surface area contributed by atoms with Gasteiger partial charge in [-0.2, -0.15) is 0 Å². The van der Waals surface area contributed by atoms with Crippen molar-refractivity contribution in [3.8, 4) is 17.2 Å². The number of para-hydroxylation sites is 3. The molecule has 2 heterocycles. The highest BCUT2D eigenvalue weighted by Crippen LogP contribution is 2.41. The Kier molecular flexibility index (Phi) is 7.03. The number of rotatable bonds is 6. The molecule has 6 nitrogen and oxygen atoms in total. The van der Waals surface area contributed by atoms with Gasteiger partial charge in [-0.05, 0) is 49.4 Å². The highest BCUT2D eigenvalue weighted by atomic mass is 16.5. The van der Waals surface area contributed by atoms with E-state index < -0.39 is 0 Å². The van der Waals surface area contributed by atoms with Crippen LogP contribution in [0.5, 0.6) is 17.2 Å². The minimum atomic E-state index is -0.277. The fraction of sp³-hybridized carbons (Fsp3) is 0.367. The lowest BCUT2D eigenvalue weighted by Crippen LogP contribution is -2.50. The first-order chi connectivity index (χ1) is 17.6. The predicted octanol–water partition coefficient (Wildman–Crippen LogP) is 5.56. The second kappa shape index (κ2) is 10.5. The Balaban J connectivity index is 1.31. The van der Waals surface area contributed by atoms with E-state index in [4.69, 9.17) is 14.2 Å². The SMILES string of the molecule is CCOc1ccccc1CN1CCC2(CCN(C(=O)c3ccc(OC)cc3)CC2)Oc2ccccc21. The van der Waals surface area contributed by atoms with E-state index in [2.05, 4.69) is 35.2 Å². The number of carbonyl (C=O) groups excluding carboxylic acids is 1. The Morgan fingerprint density at radius 2 is 1.61 bits per heavy atom. The molecular weight excluding hydrogens is 452 g/mol. The highest BCUT2D eigenvalue weighted by Gasteiger charge is 2.40. The van der Waals surface area contributed by atoms with E-state index in [0.29, 0.717) is 25.3 Å². The molecule has 3 aromatic carbocycles. The lowest BCUT2D eigenvalue weighted by atomic mass is 9.87. The summed E-state index contributed by atoms with van der Waals surface area (Å²) in [4.78, 5) is 17.4. The Labute approximate surface area is 213 Å². The molecule has 6 heteroatoms. The third-order valence-electron chi connectivity index (χ3n) is 7.30. The summed E-state index contributed by atoms with van der Waals surface area (Å²) in [5.74, 6) is 2.67. The summed E-state index contributed by atoms with van der Waals surface area (Å²) in [5, 5.41) is 0. The summed E-state index contributed by atoms with van der Waals surface area (Å²) in [6.07, 6.45) is 2.53.